The molecule has 0 amide bonds. The van der Waals surface area contributed by atoms with Gasteiger partial charge in [-0.25, -0.2) is 0 Å². The summed E-state index contributed by atoms with van der Waals surface area (Å²) in [6, 6.07) is 16.8. The molecule has 2 rings (SSSR count). The van der Waals surface area contributed by atoms with Crippen molar-refractivity contribution in [2.24, 2.45) is 0 Å². The Hall–Kier alpha value is -1.99. The first kappa shape index (κ1) is 13.4. The van der Waals surface area contributed by atoms with E-state index in [0.29, 0.717) is 24.5 Å². The maximum absolute atomic E-state index is 8.78. The number of rotatable bonds is 5. The molecule has 0 aromatic heterocycles. The fourth-order valence-corrected chi connectivity index (χ4v) is 1.93. The largest absolute Gasteiger partial charge is 0.490 e. The third-order valence-electron chi connectivity index (χ3n) is 2.41. The average molecular weight is 318 g/mol. The summed E-state index contributed by atoms with van der Waals surface area (Å²) in [5.41, 5.74) is 0.587. The lowest BCUT2D eigenvalue weighted by atomic mass is 10.2. The van der Waals surface area contributed by atoms with Gasteiger partial charge < -0.3 is 9.47 Å². The van der Waals surface area contributed by atoms with Gasteiger partial charge in [0, 0.05) is 0 Å². The van der Waals surface area contributed by atoms with Crippen molar-refractivity contribution in [2.45, 2.75) is 0 Å². The summed E-state index contributed by atoms with van der Waals surface area (Å²) in [5, 5.41) is 8.78. The van der Waals surface area contributed by atoms with Gasteiger partial charge in [-0.15, -0.1) is 0 Å². The van der Waals surface area contributed by atoms with E-state index in [4.69, 9.17) is 14.7 Å². The lowest BCUT2D eigenvalue weighted by Crippen LogP contribution is -2.09. The zero-order chi connectivity index (χ0) is 13.5. The van der Waals surface area contributed by atoms with Gasteiger partial charge in [-0.05, 0) is 46.3 Å². The van der Waals surface area contributed by atoms with Crippen molar-refractivity contribution in [3.63, 3.8) is 0 Å². The first-order valence-electron chi connectivity index (χ1n) is 5.80. The van der Waals surface area contributed by atoms with Crippen LogP contribution in [0.15, 0.2) is 53.0 Å². The lowest BCUT2D eigenvalue weighted by Gasteiger charge is -2.09. The molecule has 4 heteroatoms. The Morgan fingerprint density at radius 2 is 1.79 bits per heavy atom. The van der Waals surface area contributed by atoms with Gasteiger partial charge in [0.1, 0.15) is 24.7 Å². The Labute approximate surface area is 120 Å². The fourth-order valence-electron chi connectivity index (χ4n) is 1.53. The molecule has 0 aliphatic rings. The summed E-state index contributed by atoms with van der Waals surface area (Å²) < 4.78 is 12.0. The number of nitrogens with zero attached hydrogens (tertiary/aromatic N) is 1. The molecule has 0 fully saturated rings. The van der Waals surface area contributed by atoms with Gasteiger partial charge in [-0.2, -0.15) is 5.26 Å². The number of nitriles is 1. The topological polar surface area (TPSA) is 42.2 Å². The first-order chi connectivity index (χ1) is 9.29. The smallest absolute Gasteiger partial charge is 0.133 e. The molecular formula is C15H12BrNO2. The number of ether oxygens (including phenoxy) is 2. The maximum atomic E-state index is 8.78. The van der Waals surface area contributed by atoms with Crippen molar-refractivity contribution in [2.75, 3.05) is 13.2 Å². The van der Waals surface area contributed by atoms with Gasteiger partial charge >= 0.3 is 0 Å². The van der Waals surface area contributed by atoms with E-state index in [1.54, 1.807) is 18.2 Å². The SMILES string of the molecule is N#Cc1cccc(OCCOc2ccccc2Br)c1. The van der Waals surface area contributed by atoms with Gasteiger partial charge in [0.05, 0.1) is 16.1 Å². The summed E-state index contributed by atoms with van der Waals surface area (Å²) >= 11 is 3.41. The van der Waals surface area contributed by atoms with Crippen LogP contribution in [0.1, 0.15) is 5.56 Å². The summed E-state index contributed by atoms with van der Waals surface area (Å²) in [6.45, 7) is 0.871. The quantitative estimate of drug-likeness (QED) is 0.788. The number of benzene rings is 2. The van der Waals surface area contributed by atoms with Crippen LogP contribution in [-0.4, -0.2) is 13.2 Å². The molecule has 3 nitrogen and oxygen atoms in total. The molecule has 0 spiro atoms. The molecule has 0 N–H and O–H groups in total. The highest BCUT2D eigenvalue weighted by atomic mass is 79.9. The van der Waals surface area contributed by atoms with Crippen molar-refractivity contribution in [3.8, 4) is 17.6 Å². The van der Waals surface area contributed by atoms with Crippen molar-refractivity contribution < 1.29 is 9.47 Å². The van der Waals surface area contributed by atoms with Crippen LogP contribution < -0.4 is 9.47 Å². The minimum absolute atomic E-state index is 0.427. The molecule has 0 saturated heterocycles. The minimum atomic E-state index is 0.427. The van der Waals surface area contributed by atoms with Crippen molar-refractivity contribution in [1.29, 1.82) is 5.26 Å². The second kappa shape index (κ2) is 6.81. The van der Waals surface area contributed by atoms with Gasteiger partial charge in [0.25, 0.3) is 0 Å². The van der Waals surface area contributed by atoms with E-state index in [0.717, 1.165) is 10.2 Å². The molecule has 0 heterocycles. The van der Waals surface area contributed by atoms with Crippen molar-refractivity contribution in [1.82, 2.24) is 0 Å². The van der Waals surface area contributed by atoms with Crippen LogP contribution in [0.2, 0.25) is 0 Å². The molecule has 0 radical (unpaired) electrons. The normalized spacial score (nSPS) is 9.68. The van der Waals surface area contributed by atoms with E-state index in [9.17, 15) is 0 Å². The average Bonchev–Trinajstić information content (AvgIpc) is 2.45. The van der Waals surface area contributed by atoms with E-state index in [1.165, 1.54) is 0 Å². The third-order valence-corrected chi connectivity index (χ3v) is 3.06. The van der Waals surface area contributed by atoms with Gasteiger partial charge in [-0.1, -0.05) is 18.2 Å². The van der Waals surface area contributed by atoms with Crippen molar-refractivity contribution in [3.05, 3.63) is 58.6 Å². The number of halogens is 1. The van der Waals surface area contributed by atoms with Gasteiger partial charge in [0.15, 0.2) is 0 Å². The van der Waals surface area contributed by atoms with E-state index in [2.05, 4.69) is 22.0 Å². The molecule has 0 saturated carbocycles. The van der Waals surface area contributed by atoms with Crippen molar-refractivity contribution >= 4 is 15.9 Å². The molecule has 0 unspecified atom stereocenters. The molecule has 2 aromatic rings. The Morgan fingerprint density at radius 1 is 1.00 bits per heavy atom. The number of hydrogen-bond donors (Lipinski definition) is 0. The van der Waals surface area contributed by atoms with Crippen LogP contribution in [0.4, 0.5) is 0 Å². The summed E-state index contributed by atoms with van der Waals surface area (Å²) in [4.78, 5) is 0. The standard InChI is InChI=1S/C15H12BrNO2/c16-14-6-1-2-7-15(14)19-9-8-18-13-5-3-4-12(10-13)11-17/h1-7,10H,8-9H2. The fraction of sp³-hybridized carbons (Fsp3) is 0.133. The zero-order valence-electron chi connectivity index (χ0n) is 10.2. The maximum Gasteiger partial charge on any atom is 0.133 e. The molecule has 0 bridgehead atoms. The van der Waals surface area contributed by atoms with E-state index in [-0.39, 0.29) is 0 Å². The van der Waals surface area contributed by atoms with Crippen LogP contribution in [-0.2, 0) is 0 Å². The highest BCUT2D eigenvalue weighted by Crippen LogP contribution is 2.23. The van der Waals surface area contributed by atoms with Crippen LogP contribution in [0.3, 0.4) is 0 Å². The molecule has 0 atom stereocenters. The summed E-state index contributed by atoms with van der Waals surface area (Å²) in [6.07, 6.45) is 0. The highest BCUT2D eigenvalue weighted by molar-refractivity contribution is 9.10. The second-order valence-electron chi connectivity index (χ2n) is 3.77. The van der Waals surface area contributed by atoms with E-state index >= 15 is 0 Å². The monoisotopic (exact) mass is 317 g/mol. The molecule has 0 aliphatic heterocycles. The van der Waals surface area contributed by atoms with E-state index < -0.39 is 0 Å². The van der Waals surface area contributed by atoms with Gasteiger partial charge in [0.2, 0.25) is 0 Å². The van der Waals surface area contributed by atoms with E-state index in [1.807, 2.05) is 30.3 Å². The second-order valence-corrected chi connectivity index (χ2v) is 4.62. The molecule has 96 valence electrons. The summed E-state index contributed by atoms with van der Waals surface area (Å²) in [5.74, 6) is 1.46. The van der Waals surface area contributed by atoms with Crippen LogP contribution >= 0.6 is 15.9 Å². The van der Waals surface area contributed by atoms with Gasteiger partial charge in [-0.3, -0.25) is 0 Å². The molecular weight excluding hydrogens is 306 g/mol. The zero-order valence-corrected chi connectivity index (χ0v) is 11.8. The predicted octanol–water partition coefficient (Wildman–Crippen LogP) is 3.78. The summed E-state index contributed by atoms with van der Waals surface area (Å²) in [7, 11) is 0. The lowest BCUT2D eigenvalue weighted by molar-refractivity contribution is 0.216. The molecule has 2 aromatic carbocycles. The third kappa shape index (κ3) is 4.01. The number of hydrogen-bond acceptors (Lipinski definition) is 3. The first-order valence-corrected chi connectivity index (χ1v) is 6.59. The minimum Gasteiger partial charge on any atom is -0.490 e. The Morgan fingerprint density at radius 3 is 2.58 bits per heavy atom. The Kier molecular flexibility index (Phi) is 4.82. The van der Waals surface area contributed by atoms with Crippen LogP contribution in [0.25, 0.3) is 0 Å². The number of para-hydroxylation sites is 1. The molecule has 0 aliphatic carbocycles. The Bertz CT molecular complexity index is 593. The van der Waals surface area contributed by atoms with Crippen LogP contribution in [0.5, 0.6) is 11.5 Å². The van der Waals surface area contributed by atoms with Crippen LogP contribution in [0, 0.1) is 11.3 Å². The predicted molar refractivity (Wildman–Crippen MR) is 76.3 cm³/mol. The molecule has 19 heavy (non-hydrogen) atoms. The Balaban J connectivity index is 1.81. The highest BCUT2D eigenvalue weighted by Gasteiger charge is 2.00.